The Balaban J connectivity index is 1.73. The number of imide groups is 1. The first-order valence-corrected chi connectivity index (χ1v) is 13.2. The number of carbonyl (C=O) groups excluding carboxylic acids is 3. The number of para-hydroxylation sites is 1. The molecule has 10 nitrogen and oxygen atoms in total. The summed E-state index contributed by atoms with van der Waals surface area (Å²) in [5.74, 6) is -2.25. The van der Waals surface area contributed by atoms with Gasteiger partial charge in [-0.1, -0.05) is 18.2 Å². The SMILES string of the molecule is CCOc1ccc(-c2nn(-c3ccccc3)cc2/C=C2/C(=O)N(CCOCCOC(C)=O)C(=O)C(C#N)=C2C)cc1F. The van der Waals surface area contributed by atoms with E-state index in [1.165, 1.54) is 26.0 Å². The van der Waals surface area contributed by atoms with Gasteiger partial charge in [-0.25, -0.2) is 9.07 Å². The van der Waals surface area contributed by atoms with Crippen molar-refractivity contribution in [1.29, 1.82) is 5.26 Å². The highest BCUT2D eigenvalue weighted by atomic mass is 19.1. The van der Waals surface area contributed by atoms with Gasteiger partial charge >= 0.3 is 5.97 Å². The lowest BCUT2D eigenvalue weighted by Gasteiger charge is -2.27. The second-order valence-corrected chi connectivity index (χ2v) is 9.18. The van der Waals surface area contributed by atoms with Gasteiger partial charge in [-0.3, -0.25) is 19.3 Å². The molecule has 0 aliphatic carbocycles. The zero-order valence-corrected chi connectivity index (χ0v) is 23.4. The highest BCUT2D eigenvalue weighted by Crippen LogP contribution is 2.32. The molecule has 11 heteroatoms. The minimum Gasteiger partial charge on any atom is -0.491 e. The van der Waals surface area contributed by atoms with Crippen LogP contribution in [0.5, 0.6) is 5.75 Å². The monoisotopic (exact) mass is 572 g/mol. The summed E-state index contributed by atoms with van der Waals surface area (Å²) in [4.78, 5) is 38.4. The number of hydrogen-bond donors (Lipinski definition) is 0. The van der Waals surface area contributed by atoms with Gasteiger partial charge in [-0.15, -0.1) is 0 Å². The van der Waals surface area contributed by atoms with E-state index in [1.807, 2.05) is 36.4 Å². The van der Waals surface area contributed by atoms with Crippen molar-refractivity contribution in [3.63, 3.8) is 0 Å². The Bertz CT molecular complexity index is 1600. The molecule has 1 aromatic heterocycles. The number of rotatable bonds is 11. The molecule has 1 aliphatic rings. The van der Waals surface area contributed by atoms with Gasteiger partial charge in [0.2, 0.25) is 0 Å². The largest absolute Gasteiger partial charge is 0.491 e. The number of halogens is 1. The minimum atomic E-state index is -0.727. The van der Waals surface area contributed by atoms with E-state index in [2.05, 4.69) is 5.10 Å². The van der Waals surface area contributed by atoms with Crippen molar-refractivity contribution in [1.82, 2.24) is 14.7 Å². The van der Waals surface area contributed by atoms with Gasteiger partial charge in [0.1, 0.15) is 23.9 Å². The summed E-state index contributed by atoms with van der Waals surface area (Å²) in [6.07, 6.45) is 3.24. The van der Waals surface area contributed by atoms with Crippen LogP contribution in [0.15, 0.2) is 71.4 Å². The van der Waals surface area contributed by atoms with Crippen molar-refractivity contribution in [3.05, 3.63) is 82.8 Å². The van der Waals surface area contributed by atoms with Crippen LogP contribution in [-0.2, 0) is 23.9 Å². The normalized spacial score (nSPS) is 14.4. The van der Waals surface area contributed by atoms with Gasteiger partial charge in [-0.05, 0) is 55.8 Å². The van der Waals surface area contributed by atoms with E-state index in [4.69, 9.17) is 14.2 Å². The second kappa shape index (κ2) is 13.5. The summed E-state index contributed by atoms with van der Waals surface area (Å²) in [6.45, 7) is 4.85. The maximum atomic E-state index is 14.8. The van der Waals surface area contributed by atoms with Crippen LogP contribution >= 0.6 is 0 Å². The zero-order chi connectivity index (χ0) is 30.2. The quantitative estimate of drug-likeness (QED) is 0.145. The molecule has 2 amide bonds. The van der Waals surface area contributed by atoms with E-state index < -0.39 is 23.6 Å². The summed E-state index contributed by atoms with van der Waals surface area (Å²) >= 11 is 0. The molecule has 0 atom stereocenters. The van der Waals surface area contributed by atoms with Crippen LogP contribution in [0.25, 0.3) is 23.0 Å². The van der Waals surface area contributed by atoms with Crippen LogP contribution in [0, 0.1) is 17.1 Å². The van der Waals surface area contributed by atoms with Gasteiger partial charge < -0.3 is 14.2 Å². The van der Waals surface area contributed by atoms with Gasteiger partial charge in [0, 0.05) is 29.8 Å². The van der Waals surface area contributed by atoms with Gasteiger partial charge in [0.15, 0.2) is 11.6 Å². The van der Waals surface area contributed by atoms with Crippen LogP contribution < -0.4 is 4.74 Å². The molecule has 0 spiro atoms. The number of nitrogens with zero attached hydrogens (tertiary/aromatic N) is 4. The molecular weight excluding hydrogens is 543 g/mol. The number of benzene rings is 2. The average Bonchev–Trinajstić information content (AvgIpc) is 3.40. The number of esters is 1. The third-order valence-electron chi connectivity index (χ3n) is 6.39. The molecular formula is C31H29FN4O6. The Hall–Kier alpha value is -5.08. The first-order valence-electron chi connectivity index (χ1n) is 13.2. The lowest BCUT2D eigenvalue weighted by molar-refractivity contribution is -0.142. The van der Waals surface area contributed by atoms with Crippen molar-refractivity contribution in [2.24, 2.45) is 0 Å². The van der Waals surface area contributed by atoms with Gasteiger partial charge in [0.25, 0.3) is 11.8 Å². The fourth-order valence-corrected chi connectivity index (χ4v) is 4.34. The Kier molecular flexibility index (Phi) is 9.62. The number of amides is 2. The number of carbonyl (C=O) groups is 3. The van der Waals surface area contributed by atoms with Crippen LogP contribution in [0.4, 0.5) is 4.39 Å². The van der Waals surface area contributed by atoms with Crippen molar-refractivity contribution < 1.29 is 33.0 Å². The van der Waals surface area contributed by atoms with E-state index in [-0.39, 0.29) is 48.8 Å². The van der Waals surface area contributed by atoms with E-state index in [1.54, 1.807) is 29.9 Å². The summed E-state index contributed by atoms with van der Waals surface area (Å²) < 4.78 is 32.0. The first-order chi connectivity index (χ1) is 20.2. The van der Waals surface area contributed by atoms with Gasteiger partial charge in [-0.2, -0.15) is 10.4 Å². The third-order valence-corrected chi connectivity index (χ3v) is 6.39. The second-order valence-electron chi connectivity index (χ2n) is 9.18. The smallest absolute Gasteiger partial charge is 0.302 e. The lowest BCUT2D eigenvalue weighted by Crippen LogP contribution is -2.44. The molecule has 0 radical (unpaired) electrons. The fraction of sp³-hybridized carbons (Fsp3) is 0.258. The Morgan fingerprint density at radius 2 is 1.86 bits per heavy atom. The molecule has 2 aromatic carbocycles. The van der Waals surface area contributed by atoms with Crippen LogP contribution in [0.2, 0.25) is 0 Å². The van der Waals surface area contributed by atoms with Gasteiger partial charge in [0.05, 0.1) is 32.1 Å². The lowest BCUT2D eigenvalue weighted by atomic mass is 9.93. The first kappa shape index (κ1) is 29.9. The molecule has 2 heterocycles. The number of aromatic nitrogens is 2. The number of hydrogen-bond acceptors (Lipinski definition) is 8. The third kappa shape index (κ3) is 6.62. The van der Waals surface area contributed by atoms with E-state index >= 15 is 0 Å². The highest BCUT2D eigenvalue weighted by Gasteiger charge is 2.35. The molecule has 0 bridgehead atoms. The van der Waals surface area contributed by atoms with E-state index in [0.29, 0.717) is 23.4 Å². The molecule has 0 N–H and O–H groups in total. The molecule has 4 rings (SSSR count). The Labute approximate surface area is 242 Å². The standard InChI is InChI=1S/C31H29FN4O6/c1-4-41-28-11-10-22(17-27(28)32)29-23(19-36(34-29)24-8-6-5-7-9-24)16-25-20(2)26(18-33)31(39)35(30(25)38)12-13-40-14-15-42-21(3)37/h5-11,16-17,19H,4,12-15H2,1-3H3/b25-16+. The fourth-order valence-electron chi connectivity index (χ4n) is 4.34. The maximum absolute atomic E-state index is 14.8. The van der Waals surface area contributed by atoms with Crippen LogP contribution in [0.1, 0.15) is 26.3 Å². The predicted molar refractivity (Wildman–Crippen MR) is 151 cm³/mol. The van der Waals surface area contributed by atoms with Crippen LogP contribution in [0.3, 0.4) is 0 Å². The minimum absolute atomic E-state index is 0.0214. The summed E-state index contributed by atoms with van der Waals surface area (Å²) in [7, 11) is 0. The molecule has 0 saturated heterocycles. The molecule has 0 fully saturated rings. The topological polar surface area (TPSA) is 124 Å². The maximum Gasteiger partial charge on any atom is 0.302 e. The Morgan fingerprint density at radius 1 is 1.10 bits per heavy atom. The molecule has 42 heavy (non-hydrogen) atoms. The Morgan fingerprint density at radius 3 is 2.52 bits per heavy atom. The summed E-state index contributed by atoms with van der Waals surface area (Å²) in [6, 6.07) is 15.6. The molecule has 216 valence electrons. The highest BCUT2D eigenvalue weighted by molar-refractivity contribution is 6.19. The molecule has 0 unspecified atom stereocenters. The molecule has 3 aromatic rings. The van der Waals surface area contributed by atoms with Crippen LogP contribution in [-0.4, -0.2) is 65.4 Å². The summed E-state index contributed by atoms with van der Waals surface area (Å²) in [5, 5.41) is 14.4. The van der Waals surface area contributed by atoms with E-state index in [0.717, 1.165) is 10.6 Å². The average molecular weight is 573 g/mol. The van der Waals surface area contributed by atoms with Crippen molar-refractivity contribution in [2.45, 2.75) is 20.8 Å². The van der Waals surface area contributed by atoms with Crippen molar-refractivity contribution in [3.8, 4) is 28.8 Å². The predicted octanol–water partition coefficient (Wildman–Crippen LogP) is 4.25. The number of ether oxygens (including phenoxy) is 3. The molecule has 0 saturated carbocycles. The van der Waals surface area contributed by atoms with Crippen molar-refractivity contribution >= 4 is 23.9 Å². The van der Waals surface area contributed by atoms with Crippen molar-refractivity contribution in [2.75, 3.05) is 33.0 Å². The summed E-state index contributed by atoms with van der Waals surface area (Å²) in [5.41, 5.74) is 2.18. The zero-order valence-electron chi connectivity index (χ0n) is 23.4. The molecule has 1 aliphatic heterocycles. The number of nitriles is 1. The van der Waals surface area contributed by atoms with E-state index in [9.17, 15) is 24.0 Å².